The fourth-order valence-electron chi connectivity index (χ4n) is 1.87. The summed E-state index contributed by atoms with van der Waals surface area (Å²) in [6.07, 6.45) is 2.09. The monoisotopic (exact) mass is 216 g/mol. The lowest BCUT2D eigenvalue weighted by Crippen LogP contribution is -2.36. The first-order valence-electron chi connectivity index (χ1n) is 5.39. The Kier molecular flexibility index (Phi) is 5.60. The Morgan fingerprint density at radius 3 is 3.13 bits per heavy atom. The van der Waals surface area contributed by atoms with Crippen molar-refractivity contribution in [2.45, 2.75) is 18.9 Å². The topological polar surface area (TPSA) is 61.8 Å². The summed E-state index contributed by atoms with van der Waals surface area (Å²) in [5.74, 6) is -0.784. The SMILES string of the molecule is COCCCN1CCC(NCC(=O)O)C1. The molecule has 0 aromatic carbocycles. The molecule has 1 aliphatic heterocycles. The largest absolute Gasteiger partial charge is 0.480 e. The Balaban J connectivity index is 2.07. The number of hydrogen-bond donors (Lipinski definition) is 2. The van der Waals surface area contributed by atoms with Gasteiger partial charge in [0.15, 0.2) is 0 Å². The Morgan fingerprint density at radius 2 is 2.47 bits per heavy atom. The van der Waals surface area contributed by atoms with Crippen LogP contribution >= 0.6 is 0 Å². The molecule has 88 valence electrons. The predicted molar refractivity (Wildman–Crippen MR) is 57.0 cm³/mol. The first-order chi connectivity index (χ1) is 7.22. The highest BCUT2D eigenvalue weighted by Gasteiger charge is 2.21. The van der Waals surface area contributed by atoms with Gasteiger partial charge in [0, 0.05) is 32.8 Å². The van der Waals surface area contributed by atoms with E-state index in [1.165, 1.54) is 0 Å². The summed E-state index contributed by atoms with van der Waals surface area (Å²) in [6, 6.07) is 0.337. The smallest absolute Gasteiger partial charge is 0.317 e. The molecule has 1 saturated heterocycles. The lowest BCUT2D eigenvalue weighted by atomic mass is 10.2. The van der Waals surface area contributed by atoms with Crippen LogP contribution in [0.15, 0.2) is 0 Å². The zero-order valence-electron chi connectivity index (χ0n) is 9.24. The molecule has 1 heterocycles. The van der Waals surface area contributed by atoms with E-state index in [1.807, 2.05) is 0 Å². The third kappa shape index (κ3) is 5.11. The van der Waals surface area contributed by atoms with Gasteiger partial charge < -0.3 is 20.1 Å². The van der Waals surface area contributed by atoms with Crippen LogP contribution in [-0.2, 0) is 9.53 Å². The maximum absolute atomic E-state index is 10.4. The lowest BCUT2D eigenvalue weighted by Gasteiger charge is -2.15. The number of rotatable bonds is 7. The number of carbonyl (C=O) groups is 1. The minimum atomic E-state index is -0.784. The summed E-state index contributed by atoms with van der Waals surface area (Å²) < 4.78 is 4.99. The van der Waals surface area contributed by atoms with Crippen LogP contribution in [0, 0.1) is 0 Å². The van der Waals surface area contributed by atoms with E-state index in [0.29, 0.717) is 6.04 Å². The van der Waals surface area contributed by atoms with E-state index in [1.54, 1.807) is 7.11 Å². The van der Waals surface area contributed by atoms with E-state index in [2.05, 4.69) is 10.2 Å². The van der Waals surface area contributed by atoms with Gasteiger partial charge in [0.2, 0.25) is 0 Å². The number of hydrogen-bond acceptors (Lipinski definition) is 4. The average molecular weight is 216 g/mol. The first-order valence-corrected chi connectivity index (χ1v) is 5.39. The maximum Gasteiger partial charge on any atom is 0.317 e. The normalized spacial score (nSPS) is 22.1. The molecule has 1 unspecified atom stereocenters. The molecule has 0 spiro atoms. The molecular weight excluding hydrogens is 196 g/mol. The molecule has 0 radical (unpaired) electrons. The molecule has 1 rings (SSSR count). The van der Waals surface area contributed by atoms with Gasteiger partial charge in [0.05, 0.1) is 6.54 Å². The second-order valence-electron chi connectivity index (χ2n) is 3.91. The average Bonchev–Trinajstić information content (AvgIpc) is 2.63. The first kappa shape index (κ1) is 12.4. The summed E-state index contributed by atoms with van der Waals surface area (Å²) in [5.41, 5.74) is 0. The molecule has 0 bridgehead atoms. The Labute approximate surface area is 90.4 Å². The molecule has 1 atom stereocenters. The molecule has 0 amide bonds. The van der Waals surface area contributed by atoms with Crippen LogP contribution in [0.1, 0.15) is 12.8 Å². The van der Waals surface area contributed by atoms with Crippen LogP contribution in [-0.4, -0.2) is 61.9 Å². The molecular formula is C10H20N2O3. The predicted octanol–water partition coefficient (Wildman–Crippen LogP) is -0.229. The molecule has 0 aromatic rings. The highest BCUT2D eigenvalue weighted by Crippen LogP contribution is 2.08. The molecule has 0 aliphatic carbocycles. The van der Waals surface area contributed by atoms with E-state index in [4.69, 9.17) is 9.84 Å². The highest BCUT2D eigenvalue weighted by atomic mass is 16.5. The molecule has 5 nitrogen and oxygen atoms in total. The van der Waals surface area contributed by atoms with Gasteiger partial charge in [0.1, 0.15) is 0 Å². The van der Waals surface area contributed by atoms with E-state index in [-0.39, 0.29) is 6.54 Å². The number of ether oxygens (including phenoxy) is 1. The quantitative estimate of drug-likeness (QED) is 0.576. The van der Waals surface area contributed by atoms with Crippen LogP contribution in [0.3, 0.4) is 0 Å². The minimum absolute atomic E-state index is 0.0660. The van der Waals surface area contributed by atoms with Gasteiger partial charge in [-0.25, -0.2) is 0 Å². The number of aliphatic carboxylic acids is 1. The molecule has 15 heavy (non-hydrogen) atoms. The lowest BCUT2D eigenvalue weighted by molar-refractivity contribution is -0.136. The van der Waals surface area contributed by atoms with Gasteiger partial charge >= 0.3 is 5.97 Å². The maximum atomic E-state index is 10.4. The number of nitrogens with one attached hydrogen (secondary N) is 1. The van der Waals surface area contributed by atoms with Crippen molar-refractivity contribution in [2.24, 2.45) is 0 Å². The van der Waals surface area contributed by atoms with E-state index < -0.39 is 5.97 Å². The van der Waals surface area contributed by atoms with Crippen molar-refractivity contribution in [1.29, 1.82) is 0 Å². The van der Waals surface area contributed by atoms with Crippen molar-refractivity contribution < 1.29 is 14.6 Å². The van der Waals surface area contributed by atoms with Crippen molar-refractivity contribution in [3.8, 4) is 0 Å². The van der Waals surface area contributed by atoms with E-state index >= 15 is 0 Å². The van der Waals surface area contributed by atoms with Crippen molar-refractivity contribution >= 4 is 5.97 Å². The molecule has 0 aromatic heterocycles. The van der Waals surface area contributed by atoms with Crippen molar-refractivity contribution in [3.05, 3.63) is 0 Å². The van der Waals surface area contributed by atoms with Crippen LogP contribution in [0.4, 0.5) is 0 Å². The number of carboxylic acids is 1. The van der Waals surface area contributed by atoms with Gasteiger partial charge in [-0.05, 0) is 19.4 Å². The summed E-state index contributed by atoms with van der Waals surface area (Å²) >= 11 is 0. The second-order valence-corrected chi connectivity index (χ2v) is 3.91. The third-order valence-corrected chi connectivity index (χ3v) is 2.64. The number of carboxylic acid groups (broad SMARTS) is 1. The summed E-state index contributed by atoms with van der Waals surface area (Å²) in [6.45, 7) is 3.91. The van der Waals surface area contributed by atoms with Crippen molar-refractivity contribution in [3.63, 3.8) is 0 Å². The summed E-state index contributed by atoms with van der Waals surface area (Å²) in [5, 5.41) is 11.5. The Bertz CT molecular complexity index is 199. The third-order valence-electron chi connectivity index (χ3n) is 2.64. The van der Waals surface area contributed by atoms with Crippen LogP contribution in [0.25, 0.3) is 0 Å². The molecule has 2 N–H and O–H groups in total. The van der Waals surface area contributed by atoms with Gasteiger partial charge in [-0.2, -0.15) is 0 Å². The van der Waals surface area contributed by atoms with Crippen LogP contribution < -0.4 is 5.32 Å². The van der Waals surface area contributed by atoms with Gasteiger partial charge in [0.25, 0.3) is 0 Å². The highest BCUT2D eigenvalue weighted by molar-refractivity contribution is 5.69. The minimum Gasteiger partial charge on any atom is -0.480 e. The van der Waals surface area contributed by atoms with E-state index in [9.17, 15) is 4.79 Å². The standard InChI is InChI=1S/C10H20N2O3/c1-15-6-2-4-12-5-3-9(8-12)11-7-10(13)14/h9,11H,2-8H2,1H3,(H,13,14). The molecule has 5 heteroatoms. The second kappa shape index (κ2) is 6.76. The Hall–Kier alpha value is -0.650. The zero-order valence-corrected chi connectivity index (χ0v) is 9.24. The fourth-order valence-corrected chi connectivity index (χ4v) is 1.87. The molecule has 1 fully saturated rings. The van der Waals surface area contributed by atoms with Crippen LogP contribution in [0.5, 0.6) is 0 Å². The van der Waals surface area contributed by atoms with Gasteiger partial charge in [-0.1, -0.05) is 0 Å². The van der Waals surface area contributed by atoms with Gasteiger partial charge in [-0.15, -0.1) is 0 Å². The fraction of sp³-hybridized carbons (Fsp3) is 0.900. The number of methoxy groups -OCH3 is 1. The zero-order chi connectivity index (χ0) is 11.1. The van der Waals surface area contributed by atoms with Crippen LogP contribution in [0.2, 0.25) is 0 Å². The molecule has 0 saturated carbocycles. The van der Waals surface area contributed by atoms with E-state index in [0.717, 1.165) is 39.1 Å². The van der Waals surface area contributed by atoms with Crippen molar-refractivity contribution in [2.75, 3.05) is 39.9 Å². The Morgan fingerprint density at radius 1 is 1.67 bits per heavy atom. The van der Waals surface area contributed by atoms with Crippen molar-refractivity contribution in [1.82, 2.24) is 10.2 Å². The summed E-state index contributed by atoms with van der Waals surface area (Å²) in [4.78, 5) is 12.7. The summed E-state index contributed by atoms with van der Waals surface area (Å²) in [7, 11) is 1.71. The molecule has 1 aliphatic rings. The number of likely N-dealkylation sites (tertiary alicyclic amines) is 1. The number of nitrogens with zero attached hydrogens (tertiary/aromatic N) is 1. The van der Waals surface area contributed by atoms with Gasteiger partial charge in [-0.3, -0.25) is 4.79 Å².